The summed E-state index contributed by atoms with van der Waals surface area (Å²) in [6.07, 6.45) is 7.43. The Labute approximate surface area is 159 Å². The van der Waals surface area contributed by atoms with Gasteiger partial charge in [0.1, 0.15) is 0 Å². The minimum absolute atomic E-state index is 0.0954. The Morgan fingerprint density at radius 2 is 2.27 bits per heavy atom. The van der Waals surface area contributed by atoms with Gasteiger partial charge in [0.15, 0.2) is 0 Å². The number of para-hydroxylation sites is 1. The van der Waals surface area contributed by atoms with E-state index in [0.29, 0.717) is 6.42 Å². The Balaban J connectivity index is 1.49. The average molecular weight is 376 g/mol. The minimum atomic E-state index is 0.0954. The monoisotopic (exact) mass is 375 g/mol. The maximum Gasteiger partial charge on any atom is 0.224 e. The highest BCUT2D eigenvalue weighted by Gasteiger charge is 2.27. The number of benzene rings is 1. The van der Waals surface area contributed by atoms with Crippen molar-refractivity contribution in [3.05, 3.63) is 36.0 Å². The topological polar surface area (TPSA) is 68.4 Å². The van der Waals surface area contributed by atoms with Crippen molar-refractivity contribution in [3.63, 3.8) is 0 Å². The fourth-order valence-electron chi connectivity index (χ4n) is 3.67. The van der Waals surface area contributed by atoms with Gasteiger partial charge in [-0.1, -0.05) is 18.2 Å². The van der Waals surface area contributed by atoms with Crippen LogP contribution in [0.1, 0.15) is 24.8 Å². The van der Waals surface area contributed by atoms with E-state index in [-0.39, 0.29) is 24.6 Å². The zero-order valence-corrected chi connectivity index (χ0v) is 16.2. The molecule has 142 valence electrons. The van der Waals surface area contributed by atoms with Crippen LogP contribution in [0.3, 0.4) is 0 Å². The van der Waals surface area contributed by atoms with E-state index in [1.165, 1.54) is 10.9 Å². The number of nitrogens with one attached hydrogen (secondary N) is 2. The molecule has 1 saturated heterocycles. The number of aromatic amines is 1. The van der Waals surface area contributed by atoms with Crippen LogP contribution >= 0.6 is 11.8 Å². The summed E-state index contributed by atoms with van der Waals surface area (Å²) < 4.78 is 0. The number of amides is 1. The molecule has 6 heteroatoms. The zero-order chi connectivity index (χ0) is 18.4. The molecule has 0 saturated carbocycles. The van der Waals surface area contributed by atoms with E-state index < -0.39 is 0 Å². The molecule has 0 spiro atoms. The third-order valence-corrected chi connectivity index (χ3v) is 5.85. The van der Waals surface area contributed by atoms with Crippen molar-refractivity contribution in [3.8, 4) is 0 Å². The van der Waals surface area contributed by atoms with Gasteiger partial charge in [0.05, 0.1) is 6.61 Å². The van der Waals surface area contributed by atoms with Crippen molar-refractivity contribution in [1.29, 1.82) is 0 Å². The number of carbonyl (C=O) groups is 1. The van der Waals surface area contributed by atoms with Crippen LogP contribution in [0.4, 0.5) is 0 Å². The number of nitrogens with zero attached hydrogens (tertiary/aromatic N) is 1. The van der Waals surface area contributed by atoms with Crippen LogP contribution in [0.2, 0.25) is 0 Å². The quantitative estimate of drug-likeness (QED) is 0.630. The maximum atomic E-state index is 12.5. The number of aliphatic hydroxyl groups excluding tert-OH is 1. The summed E-state index contributed by atoms with van der Waals surface area (Å²) in [5.41, 5.74) is 2.42. The number of rotatable bonds is 9. The van der Waals surface area contributed by atoms with Gasteiger partial charge in [-0.05, 0) is 42.9 Å². The van der Waals surface area contributed by atoms with E-state index in [9.17, 15) is 9.90 Å². The highest BCUT2D eigenvalue weighted by atomic mass is 32.2. The predicted molar refractivity (Wildman–Crippen MR) is 109 cm³/mol. The van der Waals surface area contributed by atoms with Gasteiger partial charge in [-0.15, -0.1) is 0 Å². The largest absolute Gasteiger partial charge is 0.395 e. The molecule has 0 radical (unpaired) electrons. The van der Waals surface area contributed by atoms with E-state index in [1.807, 2.05) is 11.0 Å². The third kappa shape index (κ3) is 4.81. The first kappa shape index (κ1) is 19.3. The lowest BCUT2D eigenvalue weighted by Gasteiger charge is -2.34. The molecule has 26 heavy (non-hydrogen) atoms. The lowest BCUT2D eigenvalue weighted by molar-refractivity contribution is -0.134. The van der Waals surface area contributed by atoms with Crippen molar-refractivity contribution < 1.29 is 9.90 Å². The summed E-state index contributed by atoms with van der Waals surface area (Å²) in [6.45, 7) is 1.69. The summed E-state index contributed by atoms with van der Waals surface area (Å²) in [7, 11) is 0. The summed E-state index contributed by atoms with van der Waals surface area (Å²) in [5.74, 6) is 1.24. The molecule has 1 aromatic heterocycles. The number of carbonyl (C=O) groups excluding carboxylic acids is 1. The van der Waals surface area contributed by atoms with E-state index in [1.54, 1.807) is 11.8 Å². The van der Waals surface area contributed by atoms with Crippen molar-refractivity contribution in [1.82, 2.24) is 15.2 Å². The third-order valence-electron chi connectivity index (χ3n) is 5.21. The first-order valence-electron chi connectivity index (χ1n) is 9.40. The molecule has 5 nitrogen and oxygen atoms in total. The Hall–Kier alpha value is -1.50. The van der Waals surface area contributed by atoms with Crippen molar-refractivity contribution in [2.75, 3.05) is 31.7 Å². The van der Waals surface area contributed by atoms with Crippen LogP contribution in [0.5, 0.6) is 0 Å². The number of piperidine rings is 1. The summed E-state index contributed by atoms with van der Waals surface area (Å²) >= 11 is 1.79. The van der Waals surface area contributed by atoms with Gasteiger partial charge in [0.25, 0.3) is 0 Å². The van der Waals surface area contributed by atoms with E-state index in [4.69, 9.17) is 0 Å². The van der Waals surface area contributed by atoms with Gasteiger partial charge < -0.3 is 20.3 Å². The number of fused-ring (bicyclic) bond motifs is 1. The molecule has 0 aliphatic carbocycles. The van der Waals surface area contributed by atoms with E-state index in [2.05, 4.69) is 41.0 Å². The van der Waals surface area contributed by atoms with Crippen LogP contribution in [-0.2, 0) is 11.2 Å². The van der Waals surface area contributed by atoms with Crippen molar-refractivity contribution in [2.24, 2.45) is 0 Å². The van der Waals surface area contributed by atoms with Gasteiger partial charge in [0, 0.05) is 48.7 Å². The second kappa shape index (κ2) is 9.44. The summed E-state index contributed by atoms with van der Waals surface area (Å²) in [4.78, 5) is 17.8. The Morgan fingerprint density at radius 3 is 3.04 bits per heavy atom. The molecule has 3 N–H and O–H groups in total. The Morgan fingerprint density at radius 1 is 1.42 bits per heavy atom. The molecule has 2 atom stereocenters. The fraction of sp³-hybridized carbons (Fsp3) is 0.550. The summed E-state index contributed by atoms with van der Waals surface area (Å²) in [6, 6.07) is 8.57. The average Bonchev–Trinajstić information content (AvgIpc) is 3.07. The number of hydrogen-bond acceptors (Lipinski definition) is 4. The van der Waals surface area contributed by atoms with Crippen molar-refractivity contribution >= 4 is 28.6 Å². The van der Waals surface area contributed by atoms with Crippen LogP contribution in [0.25, 0.3) is 10.9 Å². The van der Waals surface area contributed by atoms with Crippen LogP contribution < -0.4 is 5.32 Å². The number of likely N-dealkylation sites (tertiary alicyclic amines) is 1. The molecule has 1 aromatic carbocycles. The number of hydrogen-bond donors (Lipinski definition) is 3. The minimum Gasteiger partial charge on any atom is -0.395 e. The van der Waals surface area contributed by atoms with E-state index in [0.717, 1.165) is 43.6 Å². The number of thioether (sulfide) groups is 1. The fourth-order valence-corrected chi connectivity index (χ4v) is 4.19. The number of aliphatic hydroxyl groups is 1. The molecule has 1 amide bonds. The molecule has 0 bridgehead atoms. The van der Waals surface area contributed by atoms with Gasteiger partial charge in [-0.25, -0.2) is 0 Å². The van der Waals surface area contributed by atoms with Gasteiger partial charge >= 0.3 is 0 Å². The van der Waals surface area contributed by atoms with Crippen LogP contribution in [0.15, 0.2) is 30.5 Å². The Bertz CT molecular complexity index is 718. The van der Waals surface area contributed by atoms with Crippen LogP contribution in [-0.4, -0.2) is 64.7 Å². The normalized spacial score (nSPS) is 19.2. The first-order valence-corrected chi connectivity index (χ1v) is 10.8. The van der Waals surface area contributed by atoms with Gasteiger partial charge in [0.2, 0.25) is 5.91 Å². The lowest BCUT2D eigenvalue weighted by atomic mass is 10.0. The molecule has 2 unspecified atom stereocenters. The number of aromatic nitrogens is 1. The lowest BCUT2D eigenvalue weighted by Crippen LogP contribution is -2.50. The molecule has 2 heterocycles. The molecule has 3 rings (SSSR count). The van der Waals surface area contributed by atoms with Gasteiger partial charge in [-0.2, -0.15) is 11.8 Å². The zero-order valence-electron chi connectivity index (χ0n) is 15.4. The standard InChI is InChI=1S/C20H29N3O2S/c1-26-11-8-17(14-24)22-16-7-10-23(20(25)12-16)9-6-15-13-21-19-5-3-2-4-18(15)19/h2-5,13,16-17,21-22,24H,6-12,14H2,1H3. The molecule has 1 fully saturated rings. The number of H-pyrrole nitrogens is 1. The van der Waals surface area contributed by atoms with Crippen LogP contribution in [0, 0.1) is 0 Å². The first-order chi connectivity index (χ1) is 12.7. The second-order valence-corrected chi connectivity index (χ2v) is 7.99. The molecule has 1 aliphatic heterocycles. The molecular weight excluding hydrogens is 346 g/mol. The Kier molecular flexibility index (Phi) is 7.00. The molecule has 2 aromatic rings. The second-order valence-electron chi connectivity index (χ2n) is 7.01. The van der Waals surface area contributed by atoms with Crippen molar-refractivity contribution in [2.45, 2.75) is 37.8 Å². The molecular formula is C20H29N3O2S. The smallest absolute Gasteiger partial charge is 0.224 e. The highest BCUT2D eigenvalue weighted by molar-refractivity contribution is 7.98. The predicted octanol–water partition coefficient (Wildman–Crippen LogP) is 2.40. The maximum absolute atomic E-state index is 12.5. The van der Waals surface area contributed by atoms with Gasteiger partial charge in [-0.3, -0.25) is 4.79 Å². The SMILES string of the molecule is CSCCC(CO)NC1CCN(CCc2c[nH]c3ccccc23)C(=O)C1. The highest BCUT2D eigenvalue weighted by Crippen LogP contribution is 2.20. The van der Waals surface area contributed by atoms with E-state index >= 15 is 0 Å². The summed E-state index contributed by atoms with van der Waals surface area (Å²) in [5, 5.41) is 14.2. The molecule has 1 aliphatic rings.